The van der Waals surface area contributed by atoms with Gasteiger partial charge in [-0.3, -0.25) is 4.79 Å². The fraction of sp³-hybridized carbons (Fsp3) is 0.333. The number of carbonyl (C=O) groups excluding carboxylic acids is 1. The van der Waals surface area contributed by atoms with Gasteiger partial charge in [-0.15, -0.1) is 11.3 Å². The quantitative estimate of drug-likeness (QED) is 0.196. The summed E-state index contributed by atoms with van der Waals surface area (Å²) in [5.74, 6) is -1.45. The lowest BCUT2D eigenvalue weighted by Crippen LogP contribution is -2.61. The fourth-order valence-corrected chi connectivity index (χ4v) is 6.96. The number of benzene rings is 2. The number of carbonyl (C=O) groups is 2. The number of likely N-dealkylation sites (tertiary alicyclic amines) is 1. The summed E-state index contributed by atoms with van der Waals surface area (Å²) in [6.45, 7) is 2.10. The highest BCUT2D eigenvalue weighted by Crippen LogP contribution is 2.34. The Balaban J connectivity index is 1.55. The van der Waals surface area contributed by atoms with E-state index in [4.69, 9.17) is 0 Å². The van der Waals surface area contributed by atoms with Crippen molar-refractivity contribution in [2.45, 2.75) is 31.3 Å². The Morgan fingerprint density at radius 2 is 1.95 bits per heavy atom. The van der Waals surface area contributed by atoms with E-state index in [0.29, 0.717) is 48.3 Å². The molecule has 8 nitrogen and oxygen atoms in total. The Labute approximate surface area is 265 Å². The Bertz CT molecular complexity index is 1580. The Morgan fingerprint density at radius 1 is 1.18 bits per heavy atom. The Hall–Kier alpha value is -3.80. The number of halogens is 1. The summed E-state index contributed by atoms with van der Waals surface area (Å²) in [5.41, 5.74) is 1.97. The monoisotopic (exact) mass is 633 g/mol. The van der Waals surface area contributed by atoms with Crippen LogP contribution in [0.25, 0.3) is 22.8 Å². The highest BCUT2D eigenvalue weighted by atomic mass is 32.2. The summed E-state index contributed by atoms with van der Waals surface area (Å²) in [6.07, 6.45) is 12.8. The fourth-order valence-electron chi connectivity index (χ4n) is 5.79. The van der Waals surface area contributed by atoms with E-state index in [1.54, 1.807) is 48.7 Å². The zero-order valence-electron chi connectivity index (χ0n) is 24.8. The van der Waals surface area contributed by atoms with Crippen LogP contribution < -0.4 is 5.32 Å². The van der Waals surface area contributed by atoms with Crippen LogP contribution in [0.1, 0.15) is 40.2 Å². The number of piperidine rings is 1. The second-order valence-corrected chi connectivity index (χ2v) is 13.0. The molecule has 2 aromatic carbocycles. The van der Waals surface area contributed by atoms with Crippen molar-refractivity contribution in [3.63, 3.8) is 0 Å². The summed E-state index contributed by atoms with van der Waals surface area (Å²) in [5, 5.41) is 16.4. The van der Waals surface area contributed by atoms with Crippen LogP contribution >= 0.6 is 23.1 Å². The van der Waals surface area contributed by atoms with Crippen molar-refractivity contribution in [3.8, 4) is 11.1 Å². The molecule has 1 atom stereocenters. The zero-order chi connectivity index (χ0) is 31.1. The van der Waals surface area contributed by atoms with Crippen molar-refractivity contribution in [3.05, 3.63) is 94.7 Å². The van der Waals surface area contributed by atoms with E-state index in [1.165, 1.54) is 23.5 Å². The number of thioether (sulfide) groups is 1. The number of hydrogen-bond donors (Lipinski definition) is 2. The van der Waals surface area contributed by atoms with Gasteiger partial charge in [-0.05, 0) is 104 Å². The molecule has 3 heterocycles. The number of thiazole rings is 1. The van der Waals surface area contributed by atoms with Gasteiger partial charge in [0.25, 0.3) is 5.91 Å². The predicted octanol–water partition coefficient (Wildman–Crippen LogP) is 6.03. The molecule has 2 N–H and O–H groups in total. The predicted molar refractivity (Wildman–Crippen MR) is 175 cm³/mol. The first kappa shape index (κ1) is 31.6. The van der Waals surface area contributed by atoms with Crippen LogP contribution in [0.4, 0.5) is 4.39 Å². The van der Waals surface area contributed by atoms with Crippen LogP contribution in [0.2, 0.25) is 0 Å². The van der Waals surface area contributed by atoms with Crippen molar-refractivity contribution >= 4 is 46.6 Å². The number of nitrogens with zero attached hydrogens (tertiary/aromatic N) is 4. The topological polar surface area (TPSA) is 100 Å². The van der Waals surface area contributed by atoms with Gasteiger partial charge >= 0.3 is 5.97 Å². The maximum Gasteiger partial charge on any atom is 0.329 e. The first-order chi connectivity index (χ1) is 21.3. The minimum atomic E-state index is -1.40. The second-order valence-electron chi connectivity index (χ2n) is 11.1. The van der Waals surface area contributed by atoms with Gasteiger partial charge in [0.05, 0.1) is 12.9 Å². The largest absolute Gasteiger partial charge is 0.479 e. The lowest BCUT2D eigenvalue weighted by Gasteiger charge is -2.42. The average molecular weight is 634 g/mol. The SMILES string of the molecule is CSCC[C@@](NC(=O)c1ccc(/C=C(/Cn2ccnc2)c2nccs2)cc1-c1ccc(F)cc1)(C(=O)O)C1CCN(C)CC1. The molecule has 1 saturated heterocycles. The van der Waals surface area contributed by atoms with Gasteiger partial charge in [-0.25, -0.2) is 19.2 Å². The van der Waals surface area contributed by atoms with Gasteiger partial charge in [0.1, 0.15) is 16.4 Å². The Morgan fingerprint density at radius 3 is 2.59 bits per heavy atom. The summed E-state index contributed by atoms with van der Waals surface area (Å²) in [7, 11) is 2.03. The first-order valence-electron chi connectivity index (χ1n) is 14.5. The average Bonchev–Trinajstić information content (AvgIpc) is 3.75. The molecule has 0 bridgehead atoms. The molecule has 0 radical (unpaired) electrons. The van der Waals surface area contributed by atoms with Crippen molar-refractivity contribution in [2.24, 2.45) is 5.92 Å². The van der Waals surface area contributed by atoms with E-state index >= 15 is 0 Å². The van der Waals surface area contributed by atoms with Crippen LogP contribution in [-0.2, 0) is 11.3 Å². The summed E-state index contributed by atoms with van der Waals surface area (Å²) < 4.78 is 15.9. The number of hydrogen-bond acceptors (Lipinski definition) is 7. The molecule has 230 valence electrons. The third-order valence-corrected chi connectivity index (χ3v) is 9.70. The summed E-state index contributed by atoms with van der Waals surface area (Å²) in [4.78, 5) is 38.0. The van der Waals surface area contributed by atoms with Crippen molar-refractivity contribution in [2.75, 3.05) is 32.1 Å². The molecule has 0 unspecified atom stereocenters. The van der Waals surface area contributed by atoms with E-state index in [-0.39, 0.29) is 11.7 Å². The van der Waals surface area contributed by atoms with Gasteiger partial charge in [-0.2, -0.15) is 11.8 Å². The summed E-state index contributed by atoms with van der Waals surface area (Å²) >= 11 is 3.10. The maximum absolute atomic E-state index is 14.1. The first-order valence-corrected chi connectivity index (χ1v) is 16.8. The molecule has 0 saturated carbocycles. The third kappa shape index (κ3) is 7.28. The van der Waals surface area contributed by atoms with Crippen molar-refractivity contribution < 1.29 is 19.1 Å². The van der Waals surface area contributed by atoms with Crippen molar-refractivity contribution in [1.29, 1.82) is 0 Å². The minimum absolute atomic E-state index is 0.201. The van der Waals surface area contributed by atoms with E-state index < -0.39 is 17.4 Å². The number of aliphatic carboxylic acids is 1. The molecule has 2 aromatic heterocycles. The lowest BCUT2D eigenvalue weighted by molar-refractivity contribution is -0.148. The highest BCUT2D eigenvalue weighted by Gasteiger charge is 2.47. The molecule has 1 aliphatic heterocycles. The van der Waals surface area contributed by atoms with Crippen LogP contribution in [0.5, 0.6) is 0 Å². The molecular formula is C33H36FN5O3S2. The maximum atomic E-state index is 14.1. The van der Waals surface area contributed by atoms with Crippen LogP contribution in [0, 0.1) is 11.7 Å². The number of carboxylic acid groups (broad SMARTS) is 1. The van der Waals surface area contributed by atoms with Gasteiger partial charge in [0.15, 0.2) is 0 Å². The standard InChI is InChI=1S/C33H36FN5O3S2/c1-38-14-9-26(10-15-38)33(32(41)42,11-17-43-2)37-30(40)28-8-3-23(20-29(28)24-4-6-27(34)7-5-24)19-25(31-36-13-18-44-31)21-39-16-12-35-22-39/h3-8,12-13,16,18-20,22,26H,9-11,14-15,17,21H2,1-2H3,(H,37,40)(H,41,42)/b25-19-/t33-/m0/s1. The minimum Gasteiger partial charge on any atom is -0.479 e. The number of amides is 1. The van der Waals surface area contributed by atoms with Gasteiger partial charge in [0, 0.05) is 35.1 Å². The number of allylic oxidation sites excluding steroid dienone is 1. The number of aromatic nitrogens is 3. The number of imidazole rings is 1. The van der Waals surface area contributed by atoms with Crippen LogP contribution in [0.15, 0.2) is 72.8 Å². The van der Waals surface area contributed by atoms with Gasteiger partial charge in [0.2, 0.25) is 0 Å². The molecule has 4 aromatic rings. The molecule has 44 heavy (non-hydrogen) atoms. The zero-order valence-corrected chi connectivity index (χ0v) is 26.4. The number of nitrogens with one attached hydrogen (secondary N) is 1. The lowest BCUT2D eigenvalue weighted by atomic mass is 9.75. The normalized spacial score (nSPS) is 16.0. The highest BCUT2D eigenvalue weighted by molar-refractivity contribution is 7.98. The van der Waals surface area contributed by atoms with Crippen LogP contribution in [-0.4, -0.2) is 74.1 Å². The molecule has 1 amide bonds. The molecule has 5 rings (SSSR count). The van der Waals surface area contributed by atoms with E-state index in [1.807, 2.05) is 47.7 Å². The van der Waals surface area contributed by atoms with Crippen LogP contribution in [0.3, 0.4) is 0 Å². The van der Waals surface area contributed by atoms with Crippen molar-refractivity contribution in [1.82, 2.24) is 24.8 Å². The van der Waals surface area contributed by atoms with E-state index in [2.05, 4.69) is 20.2 Å². The van der Waals surface area contributed by atoms with Gasteiger partial charge < -0.3 is 19.9 Å². The molecule has 1 fully saturated rings. The summed E-state index contributed by atoms with van der Waals surface area (Å²) in [6, 6.07) is 11.5. The number of carboxylic acids is 1. The molecular weight excluding hydrogens is 598 g/mol. The third-order valence-electron chi connectivity index (χ3n) is 8.24. The number of rotatable bonds is 12. The van der Waals surface area contributed by atoms with E-state index in [0.717, 1.165) is 29.2 Å². The second kappa shape index (κ2) is 14.3. The Kier molecular flexibility index (Phi) is 10.3. The smallest absolute Gasteiger partial charge is 0.329 e. The molecule has 11 heteroatoms. The molecule has 0 spiro atoms. The van der Waals surface area contributed by atoms with E-state index in [9.17, 15) is 19.1 Å². The molecule has 0 aliphatic carbocycles. The molecule has 1 aliphatic rings. The van der Waals surface area contributed by atoms with Gasteiger partial charge in [-0.1, -0.05) is 18.2 Å².